The molecule has 0 aromatic rings. The number of amides is 4. The molecule has 0 aliphatic heterocycles. The van der Waals surface area contributed by atoms with Gasteiger partial charge in [0, 0.05) is 20.0 Å². The minimum atomic E-state index is -0.877. The fourth-order valence-electron chi connectivity index (χ4n) is 0.928. The van der Waals surface area contributed by atoms with Crippen molar-refractivity contribution in [2.75, 3.05) is 27.3 Å². The first-order valence-electron chi connectivity index (χ1n) is 4.91. The summed E-state index contributed by atoms with van der Waals surface area (Å²) in [6.07, 6.45) is 0.0621. The van der Waals surface area contributed by atoms with Gasteiger partial charge in [-0.25, -0.2) is 9.59 Å². The van der Waals surface area contributed by atoms with Crippen LogP contribution in [0.4, 0.5) is 4.79 Å². The fourth-order valence-corrected chi connectivity index (χ4v) is 0.928. The van der Waals surface area contributed by atoms with Gasteiger partial charge >= 0.3 is 12.5 Å². The van der Waals surface area contributed by atoms with Crippen LogP contribution in [0.2, 0.25) is 0 Å². The maximum absolute atomic E-state index is 11.4. The highest BCUT2D eigenvalue weighted by Gasteiger charge is 2.21. The average molecular weight is 260 g/mol. The van der Waals surface area contributed by atoms with Crippen LogP contribution in [-0.4, -0.2) is 56.7 Å². The number of nitrogens with one attached hydrogen (secondary N) is 2. The van der Waals surface area contributed by atoms with Crippen LogP contribution in [-0.2, 0) is 24.0 Å². The van der Waals surface area contributed by atoms with Gasteiger partial charge in [0.2, 0.25) is 5.91 Å². The maximum atomic E-state index is 11.4. The summed E-state index contributed by atoms with van der Waals surface area (Å²) in [5, 5.41) is 5.03. The molecule has 0 unspecified atom stereocenters. The minimum Gasteiger partial charge on any atom is -0.447 e. The summed E-state index contributed by atoms with van der Waals surface area (Å²) in [4.78, 5) is 47.9. The Kier molecular flexibility index (Phi) is 7.86. The van der Waals surface area contributed by atoms with Gasteiger partial charge in [-0.15, -0.1) is 5.06 Å². The number of imide groups is 1. The van der Waals surface area contributed by atoms with Crippen LogP contribution in [0.3, 0.4) is 0 Å². The molecule has 0 atom stereocenters. The SMILES string of the molecule is CNC(=O)CCNC(=O)N(OC)C(=O)CO[C]=O. The molecule has 0 aromatic heterocycles. The molecule has 2 N–H and O–H groups in total. The van der Waals surface area contributed by atoms with E-state index in [-0.39, 0.29) is 18.9 Å². The highest BCUT2D eigenvalue weighted by Crippen LogP contribution is 1.92. The molecule has 9 heteroatoms. The van der Waals surface area contributed by atoms with Crippen molar-refractivity contribution >= 4 is 24.3 Å². The van der Waals surface area contributed by atoms with Gasteiger partial charge in [0.25, 0.3) is 5.91 Å². The van der Waals surface area contributed by atoms with E-state index in [4.69, 9.17) is 0 Å². The van der Waals surface area contributed by atoms with Crippen LogP contribution in [0.5, 0.6) is 0 Å². The first kappa shape index (κ1) is 15.8. The quantitative estimate of drug-likeness (QED) is 0.528. The van der Waals surface area contributed by atoms with Crippen molar-refractivity contribution in [3.63, 3.8) is 0 Å². The van der Waals surface area contributed by atoms with Gasteiger partial charge in [-0.1, -0.05) is 0 Å². The Hall–Kier alpha value is -2.16. The van der Waals surface area contributed by atoms with Crippen LogP contribution >= 0.6 is 0 Å². The molecule has 1 radical (unpaired) electrons. The summed E-state index contributed by atoms with van der Waals surface area (Å²) in [6, 6.07) is -0.860. The van der Waals surface area contributed by atoms with Crippen LogP contribution in [0.25, 0.3) is 0 Å². The Bertz CT molecular complexity index is 319. The van der Waals surface area contributed by atoms with E-state index in [0.717, 1.165) is 13.6 Å². The van der Waals surface area contributed by atoms with Gasteiger partial charge < -0.3 is 15.4 Å². The molecule has 0 saturated carbocycles. The van der Waals surface area contributed by atoms with Gasteiger partial charge in [-0.3, -0.25) is 14.4 Å². The van der Waals surface area contributed by atoms with E-state index in [1.807, 2.05) is 0 Å². The first-order valence-corrected chi connectivity index (χ1v) is 4.91. The Morgan fingerprint density at radius 3 is 2.50 bits per heavy atom. The summed E-state index contributed by atoms with van der Waals surface area (Å²) in [5.74, 6) is -1.14. The molecule has 0 spiro atoms. The normalized spacial score (nSPS) is 9.22. The zero-order chi connectivity index (χ0) is 14.0. The van der Waals surface area contributed by atoms with E-state index in [0.29, 0.717) is 5.06 Å². The second-order valence-electron chi connectivity index (χ2n) is 2.90. The van der Waals surface area contributed by atoms with Gasteiger partial charge in [0.15, 0.2) is 6.61 Å². The van der Waals surface area contributed by atoms with Gasteiger partial charge in [0.05, 0.1) is 7.11 Å². The predicted molar refractivity (Wildman–Crippen MR) is 57.6 cm³/mol. The summed E-state index contributed by atoms with van der Waals surface area (Å²) in [7, 11) is 2.56. The Morgan fingerprint density at radius 1 is 1.33 bits per heavy atom. The van der Waals surface area contributed by atoms with E-state index in [2.05, 4.69) is 20.2 Å². The first-order chi connectivity index (χ1) is 8.56. The minimum absolute atomic E-state index is 0.0340. The largest absolute Gasteiger partial charge is 0.447 e. The van der Waals surface area contributed by atoms with Gasteiger partial charge in [0.1, 0.15) is 0 Å². The molecular weight excluding hydrogens is 246 g/mol. The van der Waals surface area contributed by atoms with E-state index in [1.165, 1.54) is 7.05 Å². The highest BCUT2D eigenvalue weighted by atomic mass is 16.7. The molecule has 4 amide bonds. The molecule has 0 saturated heterocycles. The number of rotatable bonds is 7. The number of nitrogens with zero attached hydrogens (tertiary/aromatic N) is 1. The molecule has 0 bridgehead atoms. The molecule has 0 aliphatic carbocycles. The van der Waals surface area contributed by atoms with Crippen molar-refractivity contribution in [3.8, 4) is 0 Å². The summed E-state index contributed by atoms with van der Waals surface area (Å²) < 4.78 is 4.07. The molecule has 0 aliphatic rings. The summed E-state index contributed by atoms with van der Waals surface area (Å²) in [6.45, 7) is 0.412. The van der Waals surface area contributed by atoms with E-state index in [9.17, 15) is 19.2 Å². The lowest BCUT2D eigenvalue weighted by molar-refractivity contribution is -0.162. The number of hydrogen-bond donors (Lipinski definition) is 2. The van der Waals surface area contributed by atoms with E-state index in [1.54, 1.807) is 0 Å². The Balaban J connectivity index is 4.14. The number of ether oxygens (including phenoxy) is 1. The van der Waals surface area contributed by atoms with E-state index < -0.39 is 18.5 Å². The lowest BCUT2D eigenvalue weighted by Crippen LogP contribution is -2.45. The van der Waals surface area contributed by atoms with Gasteiger partial charge in [-0.2, -0.15) is 0 Å². The topological polar surface area (TPSA) is 114 Å². The van der Waals surface area contributed by atoms with Crippen molar-refractivity contribution in [1.29, 1.82) is 0 Å². The molecular formula is C9H14N3O6. The molecule has 0 rings (SSSR count). The number of carbonyl (C=O) groups is 3. The number of hydrogen-bond acceptors (Lipinski definition) is 6. The van der Waals surface area contributed by atoms with Crippen LogP contribution in [0.15, 0.2) is 0 Å². The third-order valence-electron chi connectivity index (χ3n) is 1.76. The van der Waals surface area contributed by atoms with Crippen molar-refractivity contribution in [2.45, 2.75) is 6.42 Å². The van der Waals surface area contributed by atoms with Crippen LogP contribution in [0.1, 0.15) is 6.42 Å². The maximum Gasteiger partial charge on any atom is 0.418 e. The molecule has 101 valence electrons. The smallest absolute Gasteiger partial charge is 0.418 e. The Labute approximate surface area is 103 Å². The summed E-state index contributed by atoms with van der Waals surface area (Å²) in [5.41, 5.74) is 0. The average Bonchev–Trinajstić information content (AvgIpc) is 2.36. The lowest BCUT2D eigenvalue weighted by atomic mass is 10.4. The lowest BCUT2D eigenvalue weighted by Gasteiger charge is -2.17. The monoisotopic (exact) mass is 260 g/mol. The second-order valence-corrected chi connectivity index (χ2v) is 2.90. The zero-order valence-corrected chi connectivity index (χ0v) is 10.0. The summed E-state index contributed by atoms with van der Waals surface area (Å²) >= 11 is 0. The molecule has 9 nitrogen and oxygen atoms in total. The number of hydroxylamine groups is 2. The second kappa shape index (κ2) is 8.93. The van der Waals surface area contributed by atoms with Crippen LogP contribution < -0.4 is 10.6 Å². The van der Waals surface area contributed by atoms with Crippen molar-refractivity contribution in [1.82, 2.24) is 15.7 Å². The fraction of sp³-hybridized carbons (Fsp3) is 0.556. The zero-order valence-electron chi connectivity index (χ0n) is 10.0. The van der Waals surface area contributed by atoms with Gasteiger partial charge in [-0.05, 0) is 0 Å². The number of urea groups is 1. The van der Waals surface area contributed by atoms with Crippen molar-refractivity contribution in [2.24, 2.45) is 0 Å². The Morgan fingerprint density at radius 2 is 2.00 bits per heavy atom. The third kappa shape index (κ3) is 5.80. The van der Waals surface area contributed by atoms with Crippen molar-refractivity contribution in [3.05, 3.63) is 0 Å². The molecule has 0 heterocycles. The molecule has 18 heavy (non-hydrogen) atoms. The van der Waals surface area contributed by atoms with E-state index >= 15 is 0 Å². The predicted octanol–water partition coefficient (Wildman–Crippen LogP) is -1.69. The third-order valence-corrected chi connectivity index (χ3v) is 1.76. The number of carbonyl (C=O) groups excluding carboxylic acids is 4. The standard InChI is InChI=1S/C9H14N3O6/c1-10-7(14)3-4-11-9(16)12(17-2)8(15)5-18-6-13/h3-5H2,1-2H3,(H,10,14)(H,11,16). The molecule has 0 aromatic carbocycles. The highest BCUT2D eigenvalue weighted by molar-refractivity contribution is 5.94. The molecule has 0 fully saturated rings. The van der Waals surface area contributed by atoms with Crippen molar-refractivity contribution < 1.29 is 28.8 Å². The van der Waals surface area contributed by atoms with Crippen LogP contribution in [0, 0.1) is 0 Å².